The van der Waals surface area contributed by atoms with Gasteiger partial charge in [-0.1, -0.05) is 30.3 Å². The molecule has 0 spiro atoms. The third-order valence-corrected chi connectivity index (χ3v) is 2.15. The van der Waals surface area contributed by atoms with Gasteiger partial charge in [0, 0.05) is 5.02 Å². The Morgan fingerprint density at radius 2 is 2.06 bits per heavy atom. The van der Waals surface area contributed by atoms with Crippen LogP contribution in [-0.4, -0.2) is 17.2 Å². The van der Waals surface area contributed by atoms with Gasteiger partial charge in [0.1, 0.15) is 0 Å². The number of carbonyl (C=O) groups is 1. The minimum Gasteiger partial charge on any atom is -0.479 e. The summed E-state index contributed by atoms with van der Waals surface area (Å²) in [5, 5.41) is 9.21. The van der Waals surface area contributed by atoms with Crippen molar-refractivity contribution in [3.63, 3.8) is 0 Å². The summed E-state index contributed by atoms with van der Waals surface area (Å²) in [6.07, 6.45) is -0.941. The highest BCUT2D eigenvalue weighted by molar-refractivity contribution is 6.30. The lowest BCUT2D eigenvalue weighted by molar-refractivity contribution is -0.152. The van der Waals surface area contributed by atoms with Gasteiger partial charge < -0.3 is 5.11 Å². The van der Waals surface area contributed by atoms with Crippen molar-refractivity contribution >= 4 is 23.3 Å². The van der Waals surface area contributed by atoms with Gasteiger partial charge in [-0.15, -0.1) is 0 Å². The van der Waals surface area contributed by atoms with Gasteiger partial charge in [-0.25, -0.2) is 4.79 Å². The summed E-state index contributed by atoms with van der Waals surface area (Å²) in [6.45, 7) is 5.13. The van der Waals surface area contributed by atoms with Gasteiger partial charge in [0.05, 0.1) is 5.70 Å². The Kier molecular flexibility index (Phi) is 4.34. The summed E-state index contributed by atoms with van der Waals surface area (Å²) in [5.41, 5.74) is 3.74. The Morgan fingerprint density at radius 3 is 2.56 bits per heavy atom. The van der Waals surface area contributed by atoms with Gasteiger partial charge in [0.25, 0.3) is 0 Å². The highest BCUT2D eigenvalue weighted by Gasteiger charge is 2.11. The minimum absolute atomic E-state index is 0.477. The van der Waals surface area contributed by atoms with Gasteiger partial charge in [-0.2, -0.15) is 0 Å². The van der Waals surface area contributed by atoms with Crippen LogP contribution in [0.4, 0.5) is 0 Å². The first kappa shape index (κ1) is 12.5. The number of rotatable bonds is 5. The number of hydrogen-bond acceptors (Lipinski definition) is 3. The van der Waals surface area contributed by atoms with Gasteiger partial charge in [0.15, 0.2) is 6.10 Å². The first-order chi connectivity index (χ1) is 7.50. The normalized spacial score (nSPS) is 11.9. The zero-order chi connectivity index (χ0) is 12.1. The lowest BCUT2D eigenvalue weighted by Crippen LogP contribution is -2.27. The summed E-state index contributed by atoms with van der Waals surface area (Å²) in [5.74, 6) is -1.04. The number of aliphatic carboxylic acids is 1. The van der Waals surface area contributed by atoms with E-state index in [4.69, 9.17) is 21.5 Å². The van der Waals surface area contributed by atoms with E-state index in [1.54, 1.807) is 24.3 Å². The monoisotopic (exact) mass is 241 g/mol. The SMILES string of the molecule is C=C(NOC(C)C(=O)O)c1ccc(Cl)cc1. The molecule has 0 bridgehead atoms. The van der Waals surface area contributed by atoms with Crippen molar-refractivity contribution in [1.82, 2.24) is 5.48 Å². The Morgan fingerprint density at radius 1 is 1.50 bits per heavy atom. The maximum atomic E-state index is 10.5. The zero-order valence-electron chi connectivity index (χ0n) is 8.74. The molecule has 1 aromatic rings. The maximum Gasteiger partial charge on any atom is 0.335 e. The molecule has 0 saturated carbocycles. The molecule has 0 aliphatic rings. The summed E-state index contributed by atoms with van der Waals surface area (Å²) in [7, 11) is 0. The second-order valence-corrected chi connectivity index (χ2v) is 3.62. The molecule has 1 rings (SSSR count). The largest absolute Gasteiger partial charge is 0.479 e. The Labute approximate surface area is 98.4 Å². The molecule has 86 valence electrons. The molecule has 0 aromatic heterocycles. The second-order valence-electron chi connectivity index (χ2n) is 3.19. The minimum atomic E-state index is -1.04. The molecular formula is C11H12ClNO3. The fraction of sp³-hybridized carbons (Fsp3) is 0.182. The lowest BCUT2D eigenvalue weighted by Gasteiger charge is -2.12. The Balaban J connectivity index is 2.53. The van der Waals surface area contributed by atoms with E-state index >= 15 is 0 Å². The van der Waals surface area contributed by atoms with E-state index in [0.29, 0.717) is 10.7 Å². The van der Waals surface area contributed by atoms with E-state index in [9.17, 15) is 4.79 Å². The third-order valence-electron chi connectivity index (χ3n) is 1.90. The molecule has 1 unspecified atom stereocenters. The van der Waals surface area contributed by atoms with Gasteiger partial charge in [-0.05, 0) is 24.6 Å². The predicted octanol–water partition coefficient (Wildman–Crippen LogP) is 2.31. The smallest absolute Gasteiger partial charge is 0.335 e. The molecule has 0 fully saturated rings. The van der Waals surface area contributed by atoms with Crippen LogP contribution in [0.25, 0.3) is 5.70 Å². The molecule has 2 N–H and O–H groups in total. The number of carboxylic acid groups (broad SMARTS) is 1. The van der Waals surface area contributed by atoms with E-state index in [2.05, 4.69) is 12.1 Å². The lowest BCUT2D eigenvalue weighted by atomic mass is 10.2. The zero-order valence-corrected chi connectivity index (χ0v) is 9.49. The average Bonchev–Trinajstić information content (AvgIpc) is 2.26. The standard InChI is InChI=1S/C11H12ClNO3/c1-7(13-16-8(2)11(14)15)9-3-5-10(12)6-4-9/h3-6,8,13H,1H2,2H3,(H,14,15). The van der Waals surface area contributed by atoms with Crippen molar-refractivity contribution in [1.29, 1.82) is 0 Å². The molecule has 1 aromatic carbocycles. The van der Waals surface area contributed by atoms with Crippen LogP contribution in [0.1, 0.15) is 12.5 Å². The van der Waals surface area contributed by atoms with Crippen molar-refractivity contribution in [3.05, 3.63) is 41.4 Å². The Bertz CT molecular complexity index is 389. The van der Waals surface area contributed by atoms with Crippen LogP contribution in [0.3, 0.4) is 0 Å². The quantitative estimate of drug-likeness (QED) is 0.777. The van der Waals surface area contributed by atoms with E-state index in [0.717, 1.165) is 5.56 Å². The van der Waals surface area contributed by atoms with Crippen LogP contribution in [-0.2, 0) is 9.63 Å². The molecule has 0 heterocycles. The van der Waals surface area contributed by atoms with Crippen molar-refractivity contribution < 1.29 is 14.7 Å². The summed E-state index contributed by atoms with van der Waals surface area (Å²) >= 11 is 5.73. The molecular weight excluding hydrogens is 230 g/mol. The molecule has 0 saturated heterocycles. The maximum absolute atomic E-state index is 10.5. The second kappa shape index (κ2) is 5.53. The van der Waals surface area contributed by atoms with Crippen molar-refractivity contribution in [2.24, 2.45) is 0 Å². The molecule has 0 aliphatic carbocycles. The van der Waals surface area contributed by atoms with Crippen molar-refractivity contribution in [2.75, 3.05) is 0 Å². The van der Waals surface area contributed by atoms with Crippen LogP contribution >= 0.6 is 11.6 Å². The van der Waals surface area contributed by atoms with Crippen LogP contribution < -0.4 is 5.48 Å². The highest BCUT2D eigenvalue weighted by atomic mass is 35.5. The number of nitrogens with one attached hydrogen (secondary N) is 1. The first-order valence-electron chi connectivity index (χ1n) is 4.60. The molecule has 0 amide bonds. The van der Waals surface area contributed by atoms with E-state index in [1.165, 1.54) is 6.92 Å². The summed E-state index contributed by atoms with van der Waals surface area (Å²) < 4.78 is 0. The Hall–Kier alpha value is -1.52. The molecule has 1 atom stereocenters. The fourth-order valence-electron chi connectivity index (χ4n) is 0.920. The van der Waals surface area contributed by atoms with Crippen LogP contribution in [0, 0.1) is 0 Å². The van der Waals surface area contributed by atoms with E-state index in [-0.39, 0.29) is 0 Å². The molecule has 16 heavy (non-hydrogen) atoms. The van der Waals surface area contributed by atoms with Crippen LogP contribution in [0.15, 0.2) is 30.8 Å². The number of hydrogen-bond donors (Lipinski definition) is 2. The molecule has 4 nitrogen and oxygen atoms in total. The number of benzene rings is 1. The van der Waals surface area contributed by atoms with E-state index < -0.39 is 12.1 Å². The van der Waals surface area contributed by atoms with Crippen LogP contribution in [0.2, 0.25) is 5.02 Å². The summed E-state index contributed by atoms with van der Waals surface area (Å²) in [6, 6.07) is 6.94. The molecule has 5 heteroatoms. The topological polar surface area (TPSA) is 58.6 Å². The van der Waals surface area contributed by atoms with Gasteiger partial charge in [0.2, 0.25) is 0 Å². The predicted molar refractivity (Wildman–Crippen MR) is 61.8 cm³/mol. The van der Waals surface area contributed by atoms with Crippen molar-refractivity contribution in [2.45, 2.75) is 13.0 Å². The fourth-order valence-corrected chi connectivity index (χ4v) is 1.05. The molecule has 0 aliphatic heterocycles. The number of carboxylic acids is 1. The van der Waals surface area contributed by atoms with Gasteiger partial charge >= 0.3 is 5.97 Å². The number of hydroxylamine groups is 1. The van der Waals surface area contributed by atoms with Gasteiger partial charge in [-0.3, -0.25) is 10.3 Å². The van der Waals surface area contributed by atoms with Crippen LogP contribution in [0.5, 0.6) is 0 Å². The third kappa shape index (κ3) is 3.56. The van der Waals surface area contributed by atoms with E-state index in [1.807, 2.05) is 0 Å². The van der Waals surface area contributed by atoms with Crippen molar-refractivity contribution in [3.8, 4) is 0 Å². The first-order valence-corrected chi connectivity index (χ1v) is 4.98. The molecule has 0 radical (unpaired) electrons. The average molecular weight is 242 g/mol. The highest BCUT2D eigenvalue weighted by Crippen LogP contribution is 2.14. The summed E-state index contributed by atoms with van der Waals surface area (Å²) in [4.78, 5) is 15.3. The number of halogens is 1.